The molecule has 1 aliphatic heterocycles. The molecule has 0 aliphatic carbocycles. The Hall–Kier alpha value is -2.80. The second kappa shape index (κ2) is 6.98. The van der Waals surface area contributed by atoms with Crippen LogP contribution in [0.5, 0.6) is 0 Å². The SMILES string of the molecule is Cc1ccc(CN2C(=O)SC(Nc3ccc(C(=O)O)cc3)C2=O)cc1. The number of carboxylic acids is 1. The predicted molar refractivity (Wildman–Crippen MR) is 95.5 cm³/mol. The highest BCUT2D eigenvalue weighted by molar-refractivity contribution is 8.15. The minimum atomic E-state index is -1.02. The number of imide groups is 1. The molecular weight excluding hydrogens is 340 g/mol. The van der Waals surface area contributed by atoms with Crippen molar-refractivity contribution in [3.05, 3.63) is 65.2 Å². The van der Waals surface area contributed by atoms with E-state index in [1.54, 1.807) is 12.1 Å². The number of nitrogens with zero attached hydrogens (tertiary/aromatic N) is 1. The first kappa shape index (κ1) is 17.0. The van der Waals surface area contributed by atoms with Crippen molar-refractivity contribution < 1.29 is 19.5 Å². The van der Waals surface area contributed by atoms with Crippen LogP contribution >= 0.6 is 11.8 Å². The highest BCUT2D eigenvalue weighted by Gasteiger charge is 2.39. The van der Waals surface area contributed by atoms with Gasteiger partial charge in [0.15, 0.2) is 5.37 Å². The standard InChI is InChI=1S/C18H16N2O4S/c1-11-2-4-12(5-3-11)10-20-16(21)15(25-18(20)24)19-14-8-6-13(7-9-14)17(22)23/h2-9,15,19H,10H2,1H3,(H,22,23). The molecule has 2 amide bonds. The first-order chi connectivity index (χ1) is 11.9. The van der Waals surface area contributed by atoms with Gasteiger partial charge in [0.1, 0.15) is 0 Å². The summed E-state index contributed by atoms with van der Waals surface area (Å²) in [7, 11) is 0. The van der Waals surface area contributed by atoms with E-state index < -0.39 is 11.3 Å². The summed E-state index contributed by atoms with van der Waals surface area (Å²) in [5.74, 6) is -1.32. The molecule has 2 aromatic rings. The lowest BCUT2D eigenvalue weighted by atomic mass is 10.1. The third kappa shape index (κ3) is 3.83. The van der Waals surface area contributed by atoms with Gasteiger partial charge in [-0.3, -0.25) is 14.5 Å². The molecule has 2 N–H and O–H groups in total. The Bertz CT molecular complexity index is 818. The van der Waals surface area contributed by atoms with Crippen molar-refractivity contribution >= 4 is 34.6 Å². The molecule has 0 saturated carbocycles. The smallest absolute Gasteiger partial charge is 0.335 e. The number of amides is 2. The Balaban J connectivity index is 1.68. The van der Waals surface area contributed by atoms with Crippen molar-refractivity contribution in [2.24, 2.45) is 0 Å². The van der Waals surface area contributed by atoms with Crippen molar-refractivity contribution in [2.75, 3.05) is 5.32 Å². The lowest BCUT2D eigenvalue weighted by Gasteiger charge is -2.15. The fourth-order valence-electron chi connectivity index (χ4n) is 2.42. The summed E-state index contributed by atoms with van der Waals surface area (Å²) < 4.78 is 0. The fourth-order valence-corrected chi connectivity index (χ4v) is 3.32. The number of carbonyl (C=O) groups excluding carboxylic acids is 2. The summed E-state index contributed by atoms with van der Waals surface area (Å²) >= 11 is 0.920. The Kier molecular flexibility index (Phi) is 4.76. The van der Waals surface area contributed by atoms with Gasteiger partial charge in [-0.2, -0.15) is 0 Å². The molecule has 1 saturated heterocycles. The molecule has 128 valence electrons. The summed E-state index contributed by atoms with van der Waals surface area (Å²) in [5, 5.41) is 10.9. The molecule has 6 nitrogen and oxygen atoms in total. The summed E-state index contributed by atoms with van der Waals surface area (Å²) in [6, 6.07) is 13.7. The predicted octanol–water partition coefficient (Wildman–Crippen LogP) is 3.33. The van der Waals surface area contributed by atoms with Crippen LogP contribution in [0.15, 0.2) is 48.5 Å². The quantitative estimate of drug-likeness (QED) is 0.855. The van der Waals surface area contributed by atoms with Gasteiger partial charge < -0.3 is 10.4 Å². The molecule has 1 aliphatic rings. The van der Waals surface area contributed by atoms with Crippen molar-refractivity contribution in [1.29, 1.82) is 0 Å². The molecular formula is C18H16N2O4S. The fraction of sp³-hybridized carbons (Fsp3) is 0.167. The van der Waals surface area contributed by atoms with Crippen LogP contribution in [0.2, 0.25) is 0 Å². The molecule has 0 spiro atoms. The van der Waals surface area contributed by atoms with E-state index >= 15 is 0 Å². The third-order valence-corrected chi connectivity index (χ3v) is 4.80. The van der Waals surface area contributed by atoms with Gasteiger partial charge in [-0.15, -0.1) is 0 Å². The van der Waals surface area contributed by atoms with Gasteiger partial charge in [0.05, 0.1) is 12.1 Å². The Morgan fingerprint density at radius 1 is 1.12 bits per heavy atom. The number of hydrogen-bond acceptors (Lipinski definition) is 5. The van der Waals surface area contributed by atoms with Crippen molar-refractivity contribution in [2.45, 2.75) is 18.8 Å². The second-order valence-electron chi connectivity index (χ2n) is 5.70. The first-order valence-corrected chi connectivity index (χ1v) is 8.49. The number of aromatic carboxylic acids is 1. The summed E-state index contributed by atoms with van der Waals surface area (Å²) in [5.41, 5.74) is 2.75. The summed E-state index contributed by atoms with van der Waals surface area (Å²) in [6.45, 7) is 2.21. The van der Waals surface area contributed by atoms with Crippen LogP contribution in [0.3, 0.4) is 0 Å². The molecule has 0 aromatic heterocycles. The van der Waals surface area contributed by atoms with Crippen LogP contribution in [-0.2, 0) is 11.3 Å². The van der Waals surface area contributed by atoms with Crippen LogP contribution in [0, 0.1) is 6.92 Å². The first-order valence-electron chi connectivity index (χ1n) is 7.61. The zero-order valence-electron chi connectivity index (χ0n) is 13.4. The van der Waals surface area contributed by atoms with E-state index in [9.17, 15) is 14.4 Å². The molecule has 25 heavy (non-hydrogen) atoms. The van der Waals surface area contributed by atoms with Gasteiger partial charge in [-0.25, -0.2) is 4.79 Å². The van der Waals surface area contributed by atoms with Gasteiger partial charge in [0, 0.05) is 5.69 Å². The van der Waals surface area contributed by atoms with Crippen molar-refractivity contribution in [3.63, 3.8) is 0 Å². The topological polar surface area (TPSA) is 86.7 Å². The number of thioether (sulfide) groups is 1. The van der Waals surface area contributed by atoms with E-state index in [1.807, 2.05) is 31.2 Å². The minimum Gasteiger partial charge on any atom is -0.478 e. The number of hydrogen-bond donors (Lipinski definition) is 2. The molecule has 3 rings (SSSR count). The summed E-state index contributed by atoms with van der Waals surface area (Å²) in [4.78, 5) is 36.7. The van der Waals surface area contributed by atoms with Gasteiger partial charge >= 0.3 is 5.97 Å². The van der Waals surface area contributed by atoms with E-state index in [0.717, 1.165) is 22.9 Å². The van der Waals surface area contributed by atoms with E-state index in [0.29, 0.717) is 5.69 Å². The summed E-state index contributed by atoms with van der Waals surface area (Å²) in [6.07, 6.45) is 0. The van der Waals surface area contributed by atoms with Crippen molar-refractivity contribution in [1.82, 2.24) is 4.90 Å². The maximum atomic E-state index is 12.5. The van der Waals surface area contributed by atoms with Crippen molar-refractivity contribution in [3.8, 4) is 0 Å². The molecule has 0 radical (unpaired) electrons. The Morgan fingerprint density at radius 3 is 2.36 bits per heavy atom. The largest absolute Gasteiger partial charge is 0.478 e. The van der Waals surface area contributed by atoms with Crippen LogP contribution in [-0.4, -0.2) is 32.5 Å². The third-order valence-electron chi connectivity index (χ3n) is 3.82. The lowest BCUT2D eigenvalue weighted by molar-refractivity contribution is -0.126. The maximum absolute atomic E-state index is 12.5. The van der Waals surface area contributed by atoms with E-state index in [4.69, 9.17) is 5.11 Å². The van der Waals surface area contributed by atoms with E-state index in [-0.39, 0.29) is 23.3 Å². The zero-order chi connectivity index (χ0) is 18.0. The molecule has 1 fully saturated rings. The Morgan fingerprint density at radius 2 is 1.76 bits per heavy atom. The maximum Gasteiger partial charge on any atom is 0.335 e. The van der Waals surface area contributed by atoms with Crippen LogP contribution < -0.4 is 5.32 Å². The number of carbonyl (C=O) groups is 3. The monoisotopic (exact) mass is 356 g/mol. The molecule has 1 heterocycles. The van der Waals surface area contributed by atoms with Gasteiger partial charge in [-0.05, 0) is 48.5 Å². The van der Waals surface area contributed by atoms with Crippen LogP contribution in [0.1, 0.15) is 21.5 Å². The van der Waals surface area contributed by atoms with Crippen LogP contribution in [0.4, 0.5) is 10.5 Å². The number of nitrogens with one attached hydrogen (secondary N) is 1. The van der Waals surface area contributed by atoms with Gasteiger partial charge in [0.2, 0.25) is 0 Å². The average molecular weight is 356 g/mol. The number of rotatable bonds is 5. The van der Waals surface area contributed by atoms with Gasteiger partial charge in [0.25, 0.3) is 11.1 Å². The highest BCUT2D eigenvalue weighted by Crippen LogP contribution is 2.29. The zero-order valence-corrected chi connectivity index (χ0v) is 14.2. The lowest BCUT2D eigenvalue weighted by Crippen LogP contribution is -2.33. The second-order valence-corrected chi connectivity index (χ2v) is 6.76. The number of aryl methyl sites for hydroxylation is 1. The Labute approximate surface area is 148 Å². The average Bonchev–Trinajstić information content (AvgIpc) is 2.85. The minimum absolute atomic E-state index is 0.160. The molecule has 0 bridgehead atoms. The molecule has 2 aromatic carbocycles. The number of anilines is 1. The normalized spacial score (nSPS) is 17.0. The molecule has 1 unspecified atom stereocenters. The van der Waals surface area contributed by atoms with E-state index in [1.165, 1.54) is 17.0 Å². The molecule has 7 heteroatoms. The highest BCUT2D eigenvalue weighted by atomic mass is 32.2. The van der Waals surface area contributed by atoms with Gasteiger partial charge in [-0.1, -0.05) is 29.8 Å². The number of carboxylic acid groups (broad SMARTS) is 1. The number of benzene rings is 2. The van der Waals surface area contributed by atoms with E-state index in [2.05, 4.69) is 5.32 Å². The molecule has 1 atom stereocenters. The van der Waals surface area contributed by atoms with Crippen LogP contribution in [0.25, 0.3) is 0 Å².